The summed E-state index contributed by atoms with van der Waals surface area (Å²) in [6.07, 6.45) is 2.53. The van der Waals surface area contributed by atoms with Gasteiger partial charge >= 0.3 is 0 Å². The molecule has 5 nitrogen and oxygen atoms in total. The van der Waals surface area contributed by atoms with Gasteiger partial charge in [-0.15, -0.1) is 0 Å². The second-order valence-corrected chi connectivity index (χ2v) is 5.16. The standard InChI is InChI=1S/C16H15N3O2/c20-14(15-7-3-10-21-15)11-19-13-6-2-1-5-12(13)16-17-8-4-9-18(16)19/h1-3,5-7,10H,4,8-9,11H2. The summed E-state index contributed by atoms with van der Waals surface area (Å²) in [4.78, 5) is 17.0. The van der Waals surface area contributed by atoms with Gasteiger partial charge in [-0.25, -0.2) is 0 Å². The van der Waals surface area contributed by atoms with Crippen molar-refractivity contribution in [3.63, 3.8) is 0 Å². The molecule has 0 radical (unpaired) electrons. The zero-order chi connectivity index (χ0) is 14.2. The van der Waals surface area contributed by atoms with E-state index in [1.54, 1.807) is 12.1 Å². The van der Waals surface area contributed by atoms with Crippen LogP contribution in [0.15, 0.2) is 52.1 Å². The molecule has 2 aliphatic heterocycles. The molecule has 0 unspecified atom stereocenters. The molecule has 2 aliphatic rings. The van der Waals surface area contributed by atoms with Gasteiger partial charge in [0.1, 0.15) is 6.54 Å². The van der Waals surface area contributed by atoms with Crippen LogP contribution in [0.25, 0.3) is 0 Å². The van der Waals surface area contributed by atoms with E-state index in [-0.39, 0.29) is 12.3 Å². The first-order valence-corrected chi connectivity index (χ1v) is 7.10. The molecular formula is C16H15N3O2. The summed E-state index contributed by atoms with van der Waals surface area (Å²) in [6, 6.07) is 11.5. The molecule has 3 heterocycles. The van der Waals surface area contributed by atoms with Gasteiger partial charge in [0.05, 0.1) is 12.0 Å². The first-order chi connectivity index (χ1) is 10.3. The van der Waals surface area contributed by atoms with Gasteiger partial charge in [-0.1, -0.05) is 12.1 Å². The largest absolute Gasteiger partial charge is 0.461 e. The molecule has 21 heavy (non-hydrogen) atoms. The summed E-state index contributed by atoms with van der Waals surface area (Å²) in [6.45, 7) is 2.00. The van der Waals surface area contributed by atoms with Crippen LogP contribution in [0.2, 0.25) is 0 Å². The van der Waals surface area contributed by atoms with Gasteiger partial charge in [0, 0.05) is 18.7 Å². The highest BCUT2D eigenvalue weighted by molar-refractivity contribution is 6.10. The second-order valence-electron chi connectivity index (χ2n) is 5.16. The fourth-order valence-electron chi connectivity index (χ4n) is 2.89. The van der Waals surface area contributed by atoms with Gasteiger partial charge in [0.25, 0.3) is 0 Å². The zero-order valence-electron chi connectivity index (χ0n) is 11.5. The Morgan fingerprint density at radius 2 is 2.14 bits per heavy atom. The van der Waals surface area contributed by atoms with Gasteiger partial charge in [-0.05, 0) is 30.7 Å². The number of anilines is 1. The van der Waals surface area contributed by atoms with E-state index in [0.717, 1.165) is 36.6 Å². The number of nitrogens with zero attached hydrogens (tertiary/aromatic N) is 3. The number of hydrogen-bond acceptors (Lipinski definition) is 5. The minimum Gasteiger partial charge on any atom is -0.461 e. The number of aliphatic imine (C=N–C) groups is 1. The van der Waals surface area contributed by atoms with Crippen LogP contribution in [0.1, 0.15) is 22.5 Å². The number of fused-ring (bicyclic) bond motifs is 3. The van der Waals surface area contributed by atoms with Crippen LogP contribution in [0.5, 0.6) is 0 Å². The Morgan fingerprint density at radius 3 is 3.00 bits per heavy atom. The number of benzene rings is 1. The van der Waals surface area contributed by atoms with E-state index in [1.165, 1.54) is 6.26 Å². The summed E-state index contributed by atoms with van der Waals surface area (Å²) < 4.78 is 5.20. The highest BCUT2D eigenvalue weighted by Gasteiger charge is 2.34. The third-order valence-corrected chi connectivity index (χ3v) is 3.84. The van der Waals surface area contributed by atoms with Crippen molar-refractivity contribution in [2.24, 2.45) is 4.99 Å². The Morgan fingerprint density at radius 1 is 1.24 bits per heavy atom. The summed E-state index contributed by atoms with van der Waals surface area (Å²) in [5.74, 6) is 1.35. The average molecular weight is 281 g/mol. The number of rotatable bonds is 3. The molecule has 0 spiro atoms. The number of hydrazine groups is 1. The lowest BCUT2D eigenvalue weighted by Crippen LogP contribution is -2.46. The molecule has 0 atom stereocenters. The van der Waals surface area contributed by atoms with Crippen LogP contribution in [0.3, 0.4) is 0 Å². The Balaban J connectivity index is 1.69. The van der Waals surface area contributed by atoms with Crippen LogP contribution < -0.4 is 5.01 Å². The molecule has 1 aromatic carbocycles. The highest BCUT2D eigenvalue weighted by Crippen LogP contribution is 2.33. The molecule has 0 fully saturated rings. The predicted octanol–water partition coefficient (Wildman–Crippen LogP) is 2.35. The van der Waals surface area contributed by atoms with Crippen LogP contribution in [0, 0.1) is 0 Å². The van der Waals surface area contributed by atoms with Crippen LogP contribution in [0.4, 0.5) is 5.69 Å². The fraction of sp³-hybridized carbons (Fsp3) is 0.250. The van der Waals surface area contributed by atoms with Gasteiger partial charge in [0.15, 0.2) is 11.6 Å². The summed E-state index contributed by atoms with van der Waals surface area (Å²) in [5.41, 5.74) is 2.14. The number of furan rings is 1. The van der Waals surface area contributed by atoms with Crippen molar-refractivity contribution in [2.45, 2.75) is 6.42 Å². The number of Topliss-reactive ketones (excluding diaryl/α,β-unsaturated/α-hetero) is 1. The van der Waals surface area contributed by atoms with E-state index in [9.17, 15) is 4.79 Å². The van der Waals surface area contributed by atoms with Crippen LogP contribution in [-0.4, -0.2) is 36.3 Å². The third kappa shape index (κ3) is 1.93. The Bertz CT molecular complexity index is 706. The molecule has 0 aliphatic carbocycles. The quantitative estimate of drug-likeness (QED) is 0.810. The van der Waals surface area contributed by atoms with Crippen molar-refractivity contribution >= 4 is 17.3 Å². The first-order valence-electron chi connectivity index (χ1n) is 7.10. The minimum absolute atomic E-state index is 0.0263. The third-order valence-electron chi connectivity index (χ3n) is 3.84. The molecule has 0 bridgehead atoms. The van der Waals surface area contributed by atoms with Crippen molar-refractivity contribution in [2.75, 3.05) is 24.6 Å². The lowest BCUT2D eigenvalue weighted by molar-refractivity contribution is 0.0962. The topological polar surface area (TPSA) is 49.1 Å². The number of amidine groups is 1. The van der Waals surface area contributed by atoms with E-state index in [1.807, 2.05) is 23.2 Å². The van der Waals surface area contributed by atoms with E-state index in [0.29, 0.717) is 5.76 Å². The molecule has 0 saturated heterocycles. The summed E-state index contributed by atoms with van der Waals surface area (Å²) in [5, 5.41) is 4.12. The molecule has 4 rings (SSSR count). The zero-order valence-corrected chi connectivity index (χ0v) is 11.5. The van der Waals surface area contributed by atoms with Crippen molar-refractivity contribution in [1.29, 1.82) is 0 Å². The van der Waals surface area contributed by atoms with Crippen molar-refractivity contribution < 1.29 is 9.21 Å². The normalized spacial score (nSPS) is 16.5. The predicted molar refractivity (Wildman–Crippen MR) is 79.6 cm³/mol. The van der Waals surface area contributed by atoms with Crippen LogP contribution >= 0.6 is 0 Å². The molecule has 1 aromatic heterocycles. The lowest BCUT2D eigenvalue weighted by Gasteiger charge is -2.32. The Labute approximate surface area is 122 Å². The SMILES string of the molecule is O=C(CN1c2ccccc2C2=NCCCN21)c1ccco1. The number of hydrogen-bond donors (Lipinski definition) is 0. The van der Waals surface area contributed by atoms with Gasteiger partial charge in [-0.2, -0.15) is 0 Å². The Kier molecular flexibility index (Phi) is 2.77. The van der Waals surface area contributed by atoms with E-state index < -0.39 is 0 Å². The van der Waals surface area contributed by atoms with E-state index in [2.05, 4.69) is 16.1 Å². The lowest BCUT2D eigenvalue weighted by atomic mass is 10.1. The van der Waals surface area contributed by atoms with Crippen molar-refractivity contribution in [3.8, 4) is 0 Å². The van der Waals surface area contributed by atoms with Crippen molar-refractivity contribution in [1.82, 2.24) is 5.01 Å². The van der Waals surface area contributed by atoms with E-state index in [4.69, 9.17) is 4.42 Å². The smallest absolute Gasteiger partial charge is 0.219 e. The van der Waals surface area contributed by atoms with Crippen molar-refractivity contribution in [3.05, 3.63) is 54.0 Å². The van der Waals surface area contributed by atoms with Gasteiger partial charge < -0.3 is 4.42 Å². The number of ketones is 1. The number of para-hydroxylation sites is 1. The molecule has 5 heteroatoms. The van der Waals surface area contributed by atoms with Gasteiger partial charge in [-0.3, -0.25) is 19.8 Å². The summed E-state index contributed by atoms with van der Waals surface area (Å²) >= 11 is 0. The maximum absolute atomic E-state index is 12.3. The molecule has 0 saturated carbocycles. The average Bonchev–Trinajstić information content (AvgIpc) is 3.15. The maximum Gasteiger partial charge on any atom is 0.219 e. The molecule has 2 aromatic rings. The van der Waals surface area contributed by atoms with E-state index >= 15 is 0 Å². The monoisotopic (exact) mass is 281 g/mol. The number of carbonyl (C=O) groups is 1. The molecule has 0 N–H and O–H groups in total. The number of carbonyl (C=O) groups excluding carboxylic acids is 1. The summed E-state index contributed by atoms with van der Waals surface area (Å²) in [7, 11) is 0. The molecular weight excluding hydrogens is 266 g/mol. The fourth-order valence-corrected chi connectivity index (χ4v) is 2.89. The van der Waals surface area contributed by atoms with Crippen LogP contribution in [-0.2, 0) is 0 Å². The molecule has 0 amide bonds. The van der Waals surface area contributed by atoms with Gasteiger partial charge in [0.2, 0.25) is 5.78 Å². The highest BCUT2D eigenvalue weighted by atomic mass is 16.3. The molecule has 106 valence electrons. The first kappa shape index (κ1) is 12.2. The second kappa shape index (κ2) is 4.77. The minimum atomic E-state index is -0.0263. The maximum atomic E-state index is 12.3. The Hall–Kier alpha value is -2.56.